The highest BCUT2D eigenvalue weighted by Gasteiger charge is 2.21. The van der Waals surface area contributed by atoms with Crippen LogP contribution in [0.4, 0.5) is 4.79 Å². The lowest BCUT2D eigenvalue weighted by Gasteiger charge is -2.20. The van der Waals surface area contributed by atoms with Crippen molar-refractivity contribution >= 4 is 12.0 Å². The van der Waals surface area contributed by atoms with E-state index in [2.05, 4.69) is 5.32 Å². The Hall–Kier alpha value is -1.30. The van der Waals surface area contributed by atoms with E-state index in [4.69, 9.17) is 9.84 Å². The minimum atomic E-state index is -0.918. The number of rotatable bonds is 8. The minimum Gasteiger partial charge on any atom is -0.481 e. The van der Waals surface area contributed by atoms with E-state index in [-0.39, 0.29) is 18.5 Å². The van der Waals surface area contributed by atoms with Gasteiger partial charge in [0.2, 0.25) is 0 Å². The van der Waals surface area contributed by atoms with Gasteiger partial charge in [0, 0.05) is 26.2 Å². The van der Waals surface area contributed by atoms with Crippen LogP contribution in [0.2, 0.25) is 0 Å². The van der Waals surface area contributed by atoms with Crippen molar-refractivity contribution in [3.63, 3.8) is 0 Å². The average Bonchev–Trinajstić information content (AvgIpc) is 3.06. The fraction of sp³-hybridized carbons (Fsp3) is 0.833. The van der Waals surface area contributed by atoms with Crippen molar-refractivity contribution < 1.29 is 19.4 Å². The number of carboxylic acids is 1. The van der Waals surface area contributed by atoms with E-state index < -0.39 is 5.97 Å². The lowest BCUT2D eigenvalue weighted by atomic mass is 10.2. The van der Waals surface area contributed by atoms with Crippen LogP contribution in [0.25, 0.3) is 0 Å². The lowest BCUT2D eigenvalue weighted by molar-refractivity contribution is -0.137. The Bertz CT molecular complexity index is 292. The van der Waals surface area contributed by atoms with Crippen LogP contribution >= 0.6 is 0 Å². The summed E-state index contributed by atoms with van der Waals surface area (Å²) in [4.78, 5) is 23.6. The smallest absolute Gasteiger partial charge is 0.317 e. The SMILES string of the molecule is CC(CC(=O)O)NC(=O)N(C)CCOCC1CC1. The Morgan fingerprint density at radius 2 is 2.17 bits per heavy atom. The molecule has 1 aliphatic rings. The van der Waals surface area contributed by atoms with E-state index in [1.165, 1.54) is 17.7 Å². The van der Waals surface area contributed by atoms with E-state index >= 15 is 0 Å². The topological polar surface area (TPSA) is 78.9 Å². The van der Waals surface area contributed by atoms with Crippen molar-refractivity contribution in [1.82, 2.24) is 10.2 Å². The highest BCUT2D eigenvalue weighted by Crippen LogP contribution is 2.28. The molecule has 0 spiro atoms. The predicted octanol–water partition coefficient (Wildman–Crippen LogP) is 0.918. The molecule has 1 saturated carbocycles. The molecule has 104 valence electrons. The van der Waals surface area contributed by atoms with Crippen molar-refractivity contribution in [2.45, 2.75) is 32.2 Å². The van der Waals surface area contributed by atoms with Gasteiger partial charge in [-0.2, -0.15) is 0 Å². The molecule has 2 amide bonds. The fourth-order valence-corrected chi connectivity index (χ4v) is 1.47. The third-order valence-corrected chi connectivity index (χ3v) is 2.82. The van der Waals surface area contributed by atoms with Gasteiger partial charge in [0.15, 0.2) is 0 Å². The largest absolute Gasteiger partial charge is 0.481 e. The molecule has 6 nitrogen and oxygen atoms in total. The molecule has 0 heterocycles. The summed E-state index contributed by atoms with van der Waals surface area (Å²) in [6, 6.07) is -0.636. The molecular weight excluding hydrogens is 236 g/mol. The second kappa shape index (κ2) is 7.20. The second-order valence-electron chi connectivity index (χ2n) is 4.89. The van der Waals surface area contributed by atoms with E-state index in [1.54, 1.807) is 14.0 Å². The molecule has 6 heteroatoms. The first kappa shape index (κ1) is 14.8. The molecule has 0 aromatic heterocycles. The van der Waals surface area contributed by atoms with E-state index in [0.717, 1.165) is 12.5 Å². The zero-order valence-electron chi connectivity index (χ0n) is 11.0. The number of likely N-dealkylation sites (N-methyl/N-ethyl adjacent to an activating group) is 1. The predicted molar refractivity (Wildman–Crippen MR) is 66.4 cm³/mol. The second-order valence-corrected chi connectivity index (χ2v) is 4.89. The summed E-state index contributed by atoms with van der Waals surface area (Å²) >= 11 is 0. The first-order valence-electron chi connectivity index (χ1n) is 6.30. The quantitative estimate of drug-likeness (QED) is 0.634. The molecule has 0 saturated heterocycles. The summed E-state index contributed by atoms with van der Waals surface area (Å²) in [6.07, 6.45) is 2.43. The summed E-state index contributed by atoms with van der Waals surface area (Å²) in [5.41, 5.74) is 0. The van der Waals surface area contributed by atoms with Gasteiger partial charge < -0.3 is 20.1 Å². The maximum atomic E-state index is 11.6. The Morgan fingerprint density at radius 3 is 2.72 bits per heavy atom. The van der Waals surface area contributed by atoms with Gasteiger partial charge >= 0.3 is 12.0 Å². The maximum absolute atomic E-state index is 11.6. The molecule has 1 rings (SSSR count). The van der Waals surface area contributed by atoms with E-state index in [1.807, 2.05) is 0 Å². The van der Waals surface area contributed by atoms with Crippen LogP contribution in [0.1, 0.15) is 26.2 Å². The average molecular weight is 258 g/mol. The van der Waals surface area contributed by atoms with Gasteiger partial charge in [-0.1, -0.05) is 0 Å². The standard InChI is InChI=1S/C12H22N2O4/c1-9(7-11(15)16)13-12(17)14(2)5-6-18-8-10-3-4-10/h9-10H,3-8H2,1-2H3,(H,13,17)(H,15,16). The lowest BCUT2D eigenvalue weighted by Crippen LogP contribution is -2.43. The highest BCUT2D eigenvalue weighted by molar-refractivity contribution is 5.75. The van der Waals surface area contributed by atoms with Crippen LogP contribution in [-0.2, 0) is 9.53 Å². The number of hydrogen-bond donors (Lipinski definition) is 2. The third-order valence-electron chi connectivity index (χ3n) is 2.82. The summed E-state index contributed by atoms with van der Waals surface area (Å²) in [7, 11) is 1.67. The fourth-order valence-electron chi connectivity index (χ4n) is 1.47. The molecule has 0 bridgehead atoms. The summed E-state index contributed by atoms with van der Waals surface area (Å²) in [6.45, 7) is 3.49. The number of carbonyl (C=O) groups excluding carboxylic acids is 1. The maximum Gasteiger partial charge on any atom is 0.317 e. The molecule has 18 heavy (non-hydrogen) atoms. The molecule has 1 aliphatic carbocycles. The molecule has 1 atom stereocenters. The first-order chi connectivity index (χ1) is 8.49. The van der Waals surface area contributed by atoms with Crippen LogP contribution in [0.3, 0.4) is 0 Å². The monoisotopic (exact) mass is 258 g/mol. The molecule has 0 aromatic rings. The number of carbonyl (C=O) groups is 2. The van der Waals surface area contributed by atoms with Crippen LogP contribution in [0, 0.1) is 5.92 Å². The van der Waals surface area contributed by atoms with E-state index in [0.29, 0.717) is 13.2 Å². The van der Waals surface area contributed by atoms with Gasteiger partial charge in [-0.05, 0) is 25.7 Å². The van der Waals surface area contributed by atoms with Gasteiger partial charge in [0.1, 0.15) is 0 Å². The number of nitrogens with one attached hydrogen (secondary N) is 1. The van der Waals surface area contributed by atoms with Crippen LogP contribution in [0.5, 0.6) is 0 Å². The van der Waals surface area contributed by atoms with Crippen LogP contribution in [-0.4, -0.2) is 54.9 Å². The number of aliphatic carboxylic acids is 1. The van der Waals surface area contributed by atoms with Crippen molar-refractivity contribution in [3.8, 4) is 0 Å². The molecule has 0 aromatic carbocycles. The van der Waals surface area contributed by atoms with Crippen molar-refractivity contribution in [1.29, 1.82) is 0 Å². The minimum absolute atomic E-state index is 0.0717. The first-order valence-corrected chi connectivity index (χ1v) is 6.30. The zero-order valence-corrected chi connectivity index (χ0v) is 11.0. The molecule has 1 unspecified atom stereocenters. The van der Waals surface area contributed by atoms with Crippen LogP contribution in [0.15, 0.2) is 0 Å². The Labute approximate surface area is 107 Å². The van der Waals surface area contributed by atoms with Crippen LogP contribution < -0.4 is 5.32 Å². The summed E-state index contributed by atoms with van der Waals surface area (Å²) in [5, 5.41) is 11.2. The number of amides is 2. The Kier molecular flexibility index (Phi) is 5.91. The molecule has 0 aliphatic heterocycles. The van der Waals surface area contributed by atoms with Crippen molar-refractivity contribution in [3.05, 3.63) is 0 Å². The highest BCUT2D eigenvalue weighted by atomic mass is 16.5. The number of hydrogen-bond acceptors (Lipinski definition) is 3. The van der Waals surface area contributed by atoms with Crippen molar-refractivity contribution in [2.24, 2.45) is 5.92 Å². The number of urea groups is 1. The summed E-state index contributed by atoms with van der Waals surface area (Å²) < 4.78 is 5.43. The molecular formula is C12H22N2O4. The van der Waals surface area contributed by atoms with Gasteiger partial charge in [0.25, 0.3) is 0 Å². The van der Waals surface area contributed by atoms with Crippen molar-refractivity contribution in [2.75, 3.05) is 26.8 Å². The molecule has 0 radical (unpaired) electrons. The third kappa shape index (κ3) is 6.44. The Morgan fingerprint density at radius 1 is 1.50 bits per heavy atom. The summed E-state index contributed by atoms with van der Waals surface area (Å²) in [5.74, 6) is -0.196. The van der Waals surface area contributed by atoms with Gasteiger partial charge in [-0.15, -0.1) is 0 Å². The zero-order chi connectivity index (χ0) is 13.5. The number of ether oxygens (including phenoxy) is 1. The molecule has 1 fully saturated rings. The molecule has 2 N–H and O–H groups in total. The van der Waals surface area contributed by atoms with E-state index in [9.17, 15) is 9.59 Å². The van der Waals surface area contributed by atoms with Gasteiger partial charge in [-0.25, -0.2) is 4.79 Å². The number of nitrogens with zero attached hydrogens (tertiary/aromatic N) is 1. The normalized spacial score (nSPS) is 16.1. The number of carboxylic acid groups (broad SMARTS) is 1. The Balaban J connectivity index is 2.08. The van der Waals surface area contributed by atoms with Gasteiger partial charge in [0.05, 0.1) is 13.0 Å². The van der Waals surface area contributed by atoms with Gasteiger partial charge in [-0.3, -0.25) is 4.79 Å².